The van der Waals surface area contributed by atoms with Gasteiger partial charge in [0, 0.05) is 22.3 Å². The first-order valence-corrected chi connectivity index (χ1v) is 11.7. The molecule has 0 aliphatic heterocycles. The van der Waals surface area contributed by atoms with Crippen molar-refractivity contribution in [2.45, 2.75) is 20.3 Å². The number of benzene rings is 3. The van der Waals surface area contributed by atoms with Crippen LogP contribution in [0.4, 0.5) is 5.69 Å². The fourth-order valence-electron chi connectivity index (χ4n) is 3.66. The first-order chi connectivity index (χ1) is 17.0. The number of fused-ring (bicyclic) bond motifs is 1. The number of aryl methyl sites for hydroxylation is 2. The van der Waals surface area contributed by atoms with Gasteiger partial charge in [-0.3, -0.25) is 4.79 Å². The lowest BCUT2D eigenvalue weighted by Crippen LogP contribution is -2.07. The van der Waals surface area contributed by atoms with E-state index in [1.807, 2.05) is 55.5 Å². The number of carbonyl (C=O) groups excluding carboxylic acids is 1. The Labute approximate surface area is 207 Å². The molecule has 6 nitrogen and oxygen atoms in total. The van der Waals surface area contributed by atoms with Crippen LogP contribution in [0.5, 0.6) is 0 Å². The number of anilines is 1. The summed E-state index contributed by atoms with van der Waals surface area (Å²) < 4.78 is 5.84. The zero-order valence-electron chi connectivity index (χ0n) is 19.3. The molecule has 174 valence electrons. The van der Waals surface area contributed by atoms with E-state index < -0.39 is 0 Å². The van der Waals surface area contributed by atoms with Crippen molar-refractivity contribution < 1.29 is 9.21 Å². The Morgan fingerprint density at radius 1 is 1.00 bits per heavy atom. The molecule has 3 aromatic carbocycles. The van der Waals surface area contributed by atoms with Gasteiger partial charge in [-0.25, -0.2) is 0 Å². The van der Waals surface area contributed by atoms with Crippen LogP contribution in [-0.2, 0) is 11.2 Å². The molecule has 1 amide bonds. The topological polar surface area (TPSA) is 73.0 Å². The molecule has 0 bridgehead atoms. The van der Waals surface area contributed by atoms with Crippen molar-refractivity contribution in [1.82, 2.24) is 15.0 Å². The van der Waals surface area contributed by atoms with E-state index in [4.69, 9.17) is 16.0 Å². The van der Waals surface area contributed by atoms with E-state index >= 15 is 0 Å². The Bertz CT molecular complexity index is 1550. The van der Waals surface area contributed by atoms with E-state index in [2.05, 4.69) is 34.6 Å². The minimum atomic E-state index is -0.275. The smallest absolute Gasteiger partial charge is 0.248 e. The second kappa shape index (κ2) is 9.60. The molecule has 0 atom stereocenters. The summed E-state index contributed by atoms with van der Waals surface area (Å²) in [5.74, 6) is 0.979. The molecule has 5 rings (SSSR count). The molecule has 0 saturated heterocycles. The molecular weight excluding hydrogens is 460 g/mol. The molecule has 2 aromatic heterocycles. The predicted octanol–water partition coefficient (Wildman–Crippen LogP) is 6.86. The molecule has 0 aliphatic rings. The Morgan fingerprint density at radius 2 is 1.80 bits per heavy atom. The van der Waals surface area contributed by atoms with Crippen molar-refractivity contribution in [2.24, 2.45) is 0 Å². The first kappa shape index (κ1) is 22.6. The number of amides is 1. The van der Waals surface area contributed by atoms with Gasteiger partial charge in [-0.2, -0.15) is 4.80 Å². The van der Waals surface area contributed by atoms with Gasteiger partial charge in [0.05, 0.1) is 5.69 Å². The largest absolute Gasteiger partial charge is 0.457 e. The minimum absolute atomic E-state index is 0.275. The van der Waals surface area contributed by atoms with Gasteiger partial charge in [-0.15, -0.1) is 10.2 Å². The van der Waals surface area contributed by atoms with Crippen LogP contribution in [0.3, 0.4) is 0 Å². The third kappa shape index (κ3) is 5.03. The summed E-state index contributed by atoms with van der Waals surface area (Å²) in [6, 6.07) is 23.0. The standard InChI is InChI=1S/C28H23ClN4O2/c1-3-19-5-9-22(10-6-19)33-31-25-13-8-21(17-26(25)32-33)30-28(34)15-12-23-11-14-27(35-23)20-7-4-18(2)24(29)16-20/h4-17H,3H2,1-2H3,(H,30,34)/b15-12+. The van der Waals surface area contributed by atoms with Crippen molar-refractivity contribution >= 4 is 40.3 Å². The monoisotopic (exact) mass is 482 g/mol. The van der Waals surface area contributed by atoms with E-state index in [9.17, 15) is 4.79 Å². The molecule has 0 fully saturated rings. The minimum Gasteiger partial charge on any atom is -0.457 e. The molecule has 7 heteroatoms. The Balaban J connectivity index is 1.27. The number of carbonyl (C=O) groups is 1. The summed E-state index contributed by atoms with van der Waals surface area (Å²) in [6.07, 6.45) is 4.04. The molecule has 35 heavy (non-hydrogen) atoms. The van der Waals surface area contributed by atoms with Crippen LogP contribution in [0, 0.1) is 6.92 Å². The summed E-state index contributed by atoms with van der Waals surface area (Å²) in [5, 5.41) is 12.6. The van der Waals surface area contributed by atoms with E-state index in [0.29, 0.717) is 27.7 Å². The zero-order valence-corrected chi connectivity index (χ0v) is 20.1. The van der Waals surface area contributed by atoms with Crippen LogP contribution in [-0.4, -0.2) is 20.9 Å². The lowest BCUT2D eigenvalue weighted by molar-refractivity contribution is -0.111. The van der Waals surface area contributed by atoms with Crippen molar-refractivity contribution in [2.75, 3.05) is 5.32 Å². The Kier molecular flexibility index (Phi) is 6.21. The van der Waals surface area contributed by atoms with Crippen LogP contribution in [0.1, 0.15) is 23.8 Å². The molecule has 0 radical (unpaired) electrons. The second-order valence-electron chi connectivity index (χ2n) is 8.20. The number of nitrogens with one attached hydrogen (secondary N) is 1. The quantitative estimate of drug-likeness (QED) is 0.268. The third-order valence-corrected chi connectivity index (χ3v) is 6.11. The highest BCUT2D eigenvalue weighted by Gasteiger charge is 2.08. The summed E-state index contributed by atoms with van der Waals surface area (Å²) in [6.45, 7) is 4.07. The maximum Gasteiger partial charge on any atom is 0.248 e. The van der Waals surface area contributed by atoms with Crippen LogP contribution in [0.25, 0.3) is 34.1 Å². The van der Waals surface area contributed by atoms with Gasteiger partial charge in [0.1, 0.15) is 22.6 Å². The highest BCUT2D eigenvalue weighted by Crippen LogP contribution is 2.27. The summed E-state index contributed by atoms with van der Waals surface area (Å²) in [5.41, 5.74) is 6.11. The SMILES string of the molecule is CCc1ccc(-n2nc3ccc(NC(=O)/C=C/c4ccc(-c5ccc(C)c(Cl)c5)o4)cc3n2)cc1. The van der Waals surface area contributed by atoms with Crippen molar-refractivity contribution in [3.63, 3.8) is 0 Å². The molecule has 0 spiro atoms. The van der Waals surface area contributed by atoms with Gasteiger partial charge in [0.2, 0.25) is 5.91 Å². The molecule has 1 N–H and O–H groups in total. The van der Waals surface area contributed by atoms with Crippen LogP contribution >= 0.6 is 11.6 Å². The van der Waals surface area contributed by atoms with E-state index in [0.717, 1.165) is 28.8 Å². The number of nitrogens with zero attached hydrogens (tertiary/aromatic N) is 3. The fraction of sp³-hybridized carbons (Fsp3) is 0.107. The van der Waals surface area contributed by atoms with Crippen molar-refractivity contribution in [3.8, 4) is 17.0 Å². The van der Waals surface area contributed by atoms with Crippen molar-refractivity contribution in [1.29, 1.82) is 0 Å². The van der Waals surface area contributed by atoms with Gasteiger partial charge >= 0.3 is 0 Å². The average Bonchev–Trinajstić information content (AvgIpc) is 3.51. The van der Waals surface area contributed by atoms with Crippen LogP contribution in [0.15, 0.2) is 83.3 Å². The molecule has 0 unspecified atom stereocenters. The van der Waals surface area contributed by atoms with Gasteiger partial charge in [0.25, 0.3) is 0 Å². The number of halogens is 1. The number of hydrogen-bond donors (Lipinski definition) is 1. The summed E-state index contributed by atoms with van der Waals surface area (Å²) in [4.78, 5) is 14.1. The molecule has 2 heterocycles. The number of rotatable bonds is 6. The first-order valence-electron chi connectivity index (χ1n) is 11.3. The van der Waals surface area contributed by atoms with E-state index in [1.165, 1.54) is 11.6 Å². The third-order valence-electron chi connectivity index (χ3n) is 5.71. The van der Waals surface area contributed by atoms with Gasteiger partial charge in [0.15, 0.2) is 0 Å². The van der Waals surface area contributed by atoms with Gasteiger partial charge < -0.3 is 9.73 Å². The number of hydrogen-bond acceptors (Lipinski definition) is 4. The van der Waals surface area contributed by atoms with E-state index in [1.54, 1.807) is 23.0 Å². The van der Waals surface area contributed by atoms with Gasteiger partial charge in [-0.1, -0.05) is 42.8 Å². The molecular formula is C28H23ClN4O2. The van der Waals surface area contributed by atoms with Crippen molar-refractivity contribution in [3.05, 3.63) is 101 Å². The molecule has 5 aromatic rings. The normalized spacial score (nSPS) is 11.4. The predicted molar refractivity (Wildman–Crippen MR) is 140 cm³/mol. The Hall–Kier alpha value is -4.16. The number of aromatic nitrogens is 3. The fourth-order valence-corrected chi connectivity index (χ4v) is 3.84. The van der Waals surface area contributed by atoms with Gasteiger partial charge in [-0.05, 0) is 79.1 Å². The lowest BCUT2D eigenvalue weighted by atomic mass is 10.1. The highest BCUT2D eigenvalue weighted by atomic mass is 35.5. The maximum absolute atomic E-state index is 12.5. The lowest BCUT2D eigenvalue weighted by Gasteiger charge is -2.01. The van der Waals surface area contributed by atoms with Crippen LogP contribution in [0.2, 0.25) is 5.02 Å². The zero-order chi connectivity index (χ0) is 24.4. The molecule has 0 aliphatic carbocycles. The number of furan rings is 1. The average molecular weight is 483 g/mol. The second-order valence-corrected chi connectivity index (χ2v) is 8.61. The Morgan fingerprint density at radius 3 is 2.57 bits per heavy atom. The summed E-state index contributed by atoms with van der Waals surface area (Å²) >= 11 is 6.21. The summed E-state index contributed by atoms with van der Waals surface area (Å²) in [7, 11) is 0. The molecule has 0 saturated carbocycles. The maximum atomic E-state index is 12.5. The highest BCUT2D eigenvalue weighted by molar-refractivity contribution is 6.31. The van der Waals surface area contributed by atoms with E-state index in [-0.39, 0.29) is 5.91 Å². The van der Waals surface area contributed by atoms with Crippen LogP contribution < -0.4 is 5.32 Å².